The molecule has 2 aromatic rings. The molecule has 2 N–H and O–H groups in total. The Bertz CT molecular complexity index is 522. The lowest BCUT2D eigenvalue weighted by Gasteiger charge is -2.15. The van der Waals surface area contributed by atoms with E-state index in [1.54, 1.807) is 0 Å². The van der Waals surface area contributed by atoms with Crippen LogP contribution >= 0.6 is 15.9 Å². The lowest BCUT2D eigenvalue weighted by atomic mass is 9.94. The number of nitrogens with two attached hydrogens (primary N) is 1. The molecule has 1 aromatic heterocycles. The standard InChI is InChI=1S/C15H20BrN3/c1-19-14(8-9-18-19)7-6-12(11-17)10-13-4-2-3-5-15(13)16/h2-5,8-9,12H,6-7,10-11,17H2,1H3. The van der Waals surface area contributed by atoms with Gasteiger partial charge in [-0.3, -0.25) is 4.68 Å². The highest BCUT2D eigenvalue weighted by molar-refractivity contribution is 9.10. The molecule has 0 fully saturated rings. The fourth-order valence-electron chi connectivity index (χ4n) is 2.28. The van der Waals surface area contributed by atoms with Gasteiger partial charge in [0.05, 0.1) is 0 Å². The van der Waals surface area contributed by atoms with Crippen LogP contribution in [0.1, 0.15) is 17.7 Å². The highest BCUT2D eigenvalue weighted by Gasteiger charge is 2.11. The minimum atomic E-state index is 0.508. The quantitative estimate of drug-likeness (QED) is 0.889. The summed E-state index contributed by atoms with van der Waals surface area (Å²) in [5.41, 5.74) is 8.52. The van der Waals surface area contributed by atoms with Crippen molar-refractivity contribution in [2.75, 3.05) is 6.54 Å². The molecule has 1 heterocycles. The maximum Gasteiger partial charge on any atom is 0.0492 e. The van der Waals surface area contributed by atoms with E-state index in [1.165, 1.54) is 15.7 Å². The largest absolute Gasteiger partial charge is 0.330 e. The SMILES string of the molecule is Cn1nccc1CCC(CN)Cc1ccccc1Br. The molecule has 0 saturated carbocycles. The zero-order valence-corrected chi connectivity index (χ0v) is 12.8. The molecule has 0 amide bonds. The van der Waals surface area contributed by atoms with Crippen molar-refractivity contribution >= 4 is 15.9 Å². The summed E-state index contributed by atoms with van der Waals surface area (Å²) in [6.45, 7) is 0.721. The van der Waals surface area contributed by atoms with Gasteiger partial charge in [0.25, 0.3) is 0 Å². The molecule has 1 atom stereocenters. The molecule has 0 aliphatic heterocycles. The van der Waals surface area contributed by atoms with Gasteiger partial charge in [0.1, 0.15) is 0 Å². The van der Waals surface area contributed by atoms with Crippen molar-refractivity contribution in [3.05, 3.63) is 52.3 Å². The molecule has 1 aromatic carbocycles. The van der Waals surface area contributed by atoms with Gasteiger partial charge in [-0.25, -0.2) is 0 Å². The van der Waals surface area contributed by atoms with Gasteiger partial charge in [-0.1, -0.05) is 34.1 Å². The molecular formula is C15H20BrN3. The summed E-state index contributed by atoms with van der Waals surface area (Å²) in [6, 6.07) is 10.4. The molecule has 0 aliphatic carbocycles. The van der Waals surface area contributed by atoms with Crippen LogP contribution in [0.15, 0.2) is 41.0 Å². The molecule has 102 valence electrons. The fourth-order valence-corrected chi connectivity index (χ4v) is 2.72. The van der Waals surface area contributed by atoms with Crippen molar-refractivity contribution in [1.29, 1.82) is 0 Å². The van der Waals surface area contributed by atoms with E-state index in [9.17, 15) is 0 Å². The van der Waals surface area contributed by atoms with Crippen LogP contribution in [0.25, 0.3) is 0 Å². The second-order valence-corrected chi connectivity index (χ2v) is 5.74. The van der Waals surface area contributed by atoms with Crippen LogP contribution in [0, 0.1) is 5.92 Å². The van der Waals surface area contributed by atoms with E-state index in [1.807, 2.05) is 24.0 Å². The van der Waals surface area contributed by atoms with E-state index >= 15 is 0 Å². The summed E-state index contributed by atoms with van der Waals surface area (Å²) in [5, 5.41) is 4.20. The summed E-state index contributed by atoms with van der Waals surface area (Å²) < 4.78 is 3.11. The molecule has 1 unspecified atom stereocenters. The maximum atomic E-state index is 5.91. The van der Waals surface area contributed by atoms with Crippen LogP contribution in [0.2, 0.25) is 0 Å². The van der Waals surface area contributed by atoms with Crippen molar-refractivity contribution < 1.29 is 0 Å². The number of hydrogen-bond donors (Lipinski definition) is 1. The molecule has 4 heteroatoms. The van der Waals surface area contributed by atoms with E-state index in [0.29, 0.717) is 5.92 Å². The summed E-state index contributed by atoms with van der Waals surface area (Å²) in [4.78, 5) is 0. The van der Waals surface area contributed by atoms with E-state index in [-0.39, 0.29) is 0 Å². The van der Waals surface area contributed by atoms with Crippen molar-refractivity contribution in [2.24, 2.45) is 18.7 Å². The number of benzene rings is 1. The van der Waals surface area contributed by atoms with Gasteiger partial charge in [-0.15, -0.1) is 0 Å². The second kappa shape index (κ2) is 6.87. The Balaban J connectivity index is 1.94. The van der Waals surface area contributed by atoms with Gasteiger partial charge in [0, 0.05) is 23.4 Å². The third-order valence-electron chi connectivity index (χ3n) is 3.53. The van der Waals surface area contributed by atoms with Crippen LogP contribution in [0.4, 0.5) is 0 Å². The number of nitrogens with zero attached hydrogens (tertiary/aromatic N) is 2. The van der Waals surface area contributed by atoms with Crippen LogP contribution < -0.4 is 5.73 Å². The number of aromatic nitrogens is 2. The van der Waals surface area contributed by atoms with E-state index in [2.05, 4.69) is 45.3 Å². The predicted molar refractivity (Wildman–Crippen MR) is 81.9 cm³/mol. The number of hydrogen-bond acceptors (Lipinski definition) is 2. The van der Waals surface area contributed by atoms with Crippen molar-refractivity contribution in [3.63, 3.8) is 0 Å². The Morgan fingerprint density at radius 3 is 2.74 bits per heavy atom. The van der Waals surface area contributed by atoms with Crippen LogP contribution in [0.3, 0.4) is 0 Å². The monoisotopic (exact) mass is 321 g/mol. The summed E-state index contributed by atoms with van der Waals surface area (Å²) in [7, 11) is 1.99. The lowest BCUT2D eigenvalue weighted by Crippen LogP contribution is -2.18. The van der Waals surface area contributed by atoms with Crippen molar-refractivity contribution in [2.45, 2.75) is 19.3 Å². The Labute approximate surface area is 122 Å². The average Bonchev–Trinajstić information content (AvgIpc) is 2.82. The minimum Gasteiger partial charge on any atom is -0.330 e. The molecule has 2 rings (SSSR count). The number of halogens is 1. The van der Waals surface area contributed by atoms with Crippen molar-refractivity contribution in [1.82, 2.24) is 9.78 Å². The number of aryl methyl sites for hydroxylation is 2. The second-order valence-electron chi connectivity index (χ2n) is 4.88. The third-order valence-corrected chi connectivity index (χ3v) is 4.30. The first-order valence-electron chi connectivity index (χ1n) is 6.61. The first-order chi connectivity index (χ1) is 9.20. The van der Waals surface area contributed by atoms with Gasteiger partial charge in [0.2, 0.25) is 0 Å². The summed E-state index contributed by atoms with van der Waals surface area (Å²) in [5.74, 6) is 0.508. The van der Waals surface area contributed by atoms with Crippen LogP contribution in [0.5, 0.6) is 0 Å². The van der Waals surface area contributed by atoms with Gasteiger partial charge in [0.15, 0.2) is 0 Å². The fraction of sp³-hybridized carbons (Fsp3) is 0.400. The summed E-state index contributed by atoms with van der Waals surface area (Å²) in [6.07, 6.45) is 5.00. The Hall–Kier alpha value is -1.13. The average molecular weight is 322 g/mol. The van der Waals surface area contributed by atoms with Crippen LogP contribution in [-0.4, -0.2) is 16.3 Å². The summed E-state index contributed by atoms with van der Waals surface area (Å²) >= 11 is 3.60. The zero-order chi connectivity index (χ0) is 13.7. The topological polar surface area (TPSA) is 43.8 Å². The molecule has 0 spiro atoms. The molecule has 0 saturated heterocycles. The Morgan fingerprint density at radius 1 is 1.32 bits per heavy atom. The van der Waals surface area contributed by atoms with E-state index in [4.69, 9.17) is 5.73 Å². The van der Waals surface area contributed by atoms with Gasteiger partial charge < -0.3 is 5.73 Å². The Morgan fingerprint density at radius 2 is 2.11 bits per heavy atom. The zero-order valence-electron chi connectivity index (χ0n) is 11.2. The maximum absolute atomic E-state index is 5.91. The molecule has 19 heavy (non-hydrogen) atoms. The highest BCUT2D eigenvalue weighted by Crippen LogP contribution is 2.21. The molecular weight excluding hydrogens is 302 g/mol. The number of rotatable bonds is 6. The normalized spacial score (nSPS) is 12.6. The van der Waals surface area contributed by atoms with Gasteiger partial charge >= 0.3 is 0 Å². The first-order valence-corrected chi connectivity index (χ1v) is 7.40. The Kier molecular flexibility index (Phi) is 5.16. The predicted octanol–water partition coefficient (Wildman–Crippen LogP) is 2.93. The minimum absolute atomic E-state index is 0.508. The van der Waals surface area contributed by atoms with E-state index in [0.717, 1.165) is 25.8 Å². The van der Waals surface area contributed by atoms with E-state index < -0.39 is 0 Å². The lowest BCUT2D eigenvalue weighted by molar-refractivity contribution is 0.484. The highest BCUT2D eigenvalue weighted by atomic mass is 79.9. The van der Waals surface area contributed by atoms with Crippen molar-refractivity contribution in [3.8, 4) is 0 Å². The van der Waals surface area contributed by atoms with Gasteiger partial charge in [-0.05, 0) is 49.4 Å². The first kappa shape index (κ1) is 14.3. The molecule has 0 bridgehead atoms. The third kappa shape index (κ3) is 3.91. The van der Waals surface area contributed by atoms with Crippen LogP contribution in [-0.2, 0) is 19.9 Å². The smallest absolute Gasteiger partial charge is 0.0492 e. The van der Waals surface area contributed by atoms with Gasteiger partial charge in [-0.2, -0.15) is 5.10 Å². The molecule has 0 aliphatic rings. The molecule has 0 radical (unpaired) electrons. The molecule has 3 nitrogen and oxygen atoms in total.